The molecule has 12 heteroatoms. The third-order valence-electron chi connectivity index (χ3n) is 2.12. The molecule has 0 fully saturated rings. The molecule has 2 rings (SSSR count). The monoisotopic (exact) mass is 310 g/mol. The van der Waals surface area contributed by atoms with Gasteiger partial charge in [-0.3, -0.25) is 0 Å². The molecule has 116 valence electrons. The smallest absolute Gasteiger partial charge is 0.364 e. The van der Waals surface area contributed by atoms with Gasteiger partial charge in [0.25, 0.3) is 11.6 Å². The van der Waals surface area contributed by atoms with Crippen LogP contribution in [0.4, 0.5) is 11.6 Å². The van der Waals surface area contributed by atoms with Crippen molar-refractivity contribution in [1.82, 2.24) is 20.6 Å². The van der Waals surface area contributed by atoms with Crippen LogP contribution in [0.5, 0.6) is 0 Å². The molecule has 2 aromatic heterocycles. The highest BCUT2D eigenvalue weighted by molar-refractivity contribution is 5.92. The van der Waals surface area contributed by atoms with E-state index in [2.05, 4.69) is 40.1 Å². The van der Waals surface area contributed by atoms with E-state index in [0.717, 1.165) is 0 Å². The van der Waals surface area contributed by atoms with E-state index < -0.39 is 11.9 Å². The molecule has 12 nitrogen and oxygen atoms in total. The number of rotatable bonds is 6. The molecule has 2 aromatic rings. The van der Waals surface area contributed by atoms with E-state index >= 15 is 0 Å². The third-order valence-corrected chi connectivity index (χ3v) is 2.12. The fourth-order valence-electron chi connectivity index (χ4n) is 1.25. The Balaban J connectivity index is 2.20. The Kier molecular flexibility index (Phi) is 4.85. The Labute approximate surface area is 122 Å². The average Bonchev–Trinajstić information content (AvgIpc) is 3.14. The molecule has 0 aliphatic rings. The fraction of sp³-hybridized carbons (Fsp3) is 0.400. The highest BCUT2D eigenvalue weighted by Gasteiger charge is 2.22. The molecule has 0 aromatic carbocycles. The number of carbonyl (C=O) groups is 2. The van der Waals surface area contributed by atoms with Crippen LogP contribution in [0.3, 0.4) is 0 Å². The first-order valence-corrected chi connectivity index (χ1v) is 6.08. The molecule has 0 N–H and O–H groups in total. The molecule has 0 amide bonds. The SMILES string of the molecule is CCOC(=O)c1nonc1N=Nc1nonc1C(=O)OCC. The van der Waals surface area contributed by atoms with E-state index in [9.17, 15) is 9.59 Å². The maximum Gasteiger partial charge on any atom is 0.364 e. The van der Waals surface area contributed by atoms with Gasteiger partial charge in [0.2, 0.25) is 11.4 Å². The van der Waals surface area contributed by atoms with E-state index in [1.54, 1.807) is 13.8 Å². The zero-order valence-electron chi connectivity index (χ0n) is 11.5. The van der Waals surface area contributed by atoms with Crippen molar-refractivity contribution in [1.29, 1.82) is 0 Å². The number of ether oxygens (including phenoxy) is 2. The van der Waals surface area contributed by atoms with Crippen LogP contribution in [0, 0.1) is 0 Å². The Morgan fingerprint density at radius 3 is 1.64 bits per heavy atom. The third kappa shape index (κ3) is 3.28. The van der Waals surface area contributed by atoms with E-state index in [4.69, 9.17) is 9.47 Å². The Bertz CT molecular complexity index is 633. The first-order chi connectivity index (χ1) is 10.7. The summed E-state index contributed by atoms with van der Waals surface area (Å²) in [5.41, 5.74) is -0.528. The molecule has 0 spiro atoms. The van der Waals surface area contributed by atoms with Crippen molar-refractivity contribution in [3.05, 3.63) is 11.4 Å². The summed E-state index contributed by atoms with van der Waals surface area (Å²) in [5.74, 6) is -2.03. The summed E-state index contributed by atoms with van der Waals surface area (Å²) in [6.45, 7) is 3.53. The Morgan fingerprint density at radius 2 is 1.27 bits per heavy atom. The zero-order chi connectivity index (χ0) is 15.9. The number of esters is 2. The fourth-order valence-corrected chi connectivity index (χ4v) is 1.25. The van der Waals surface area contributed by atoms with Crippen molar-refractivity contribution < 1.29 is 28.3 Å². The van der Waals surface area contributed by atoms with Gasteiger partial charge in [-0.15, -0.1) is 10.2 Å². The first-order valence-electron chi connectivity index (χ1n) is 6.08. The predicted molar refractivity (Wildman–Crippen MR) is 64.7 cm³/mol. The van der Waals surface area contributed by atoms with Gasteiger partial charge < -0.3 is 9.47 Å². The summed E-state index contributed by atoms with van der Waals surface area (Å²) in [5, 5.41) is 20.7. The number of hydrogen-bond acceptors (Lipinski definition) is 12. The number of hydrogen-bond donors (Lipinski definition) is 0. The van der Waals surface area contributed by atoms with Gasteiger partial charge in [0, 0.05) is 0 Å². The van der Waals surface area contributed by atoms with E-state index in [-0.39, 0.29) is 36.2 Å². The van der Waals surface area contributed by atoms with Crippen LogP contribution in [-0.4, -0.2) is 45.8 Å². The normalized spacial score (nSPS) is 10.8. The molecule has 0 atom stereocenters. The number of aromatic nitrogens is 4. The largest absolute Gasteiger partial charge is 0.461 e. The van der Waals surface area contributed by atoms with Crippen molar-refractivity contribution in [3.8, 4) is 0 Å². The van der Waals surface area contributed by atoms with Crippen LogP contribution >= 0.6 is 0 Å². The van der Waals surface area contributed by atoms with Crippen molar-refractivity contribution >= 4 is 23.6 Å². The zero-order valence-corrected chi connectivity index (χ0v) is 11.5. The van der Waals surface area contributed by atoms with Crippen LogP contribution in [0.15, 0.2) is 19.5 Å². The maximum absolute atomic E-state index is 11.5. The molecule has 0 radical (unpaired) electrons. The lowest BCUT2D eigenvalue weighted by Crippen LogP contribution is -2.05. The van der Waals surface area contributed by atoms with Gasteiger partial charge in [0.1, 0.15) is 0 Å². The molecular formula is C10H10N6O6. The van der Waals surface area contributed by atoms with Gasteiger partial charge in [0.05, 0.1) is 13.2 Å². The van der Waals surface area contributed by atoms with Gasteiger partial charge in [-0.25, -0.2) is 18.8 Å². The second-order valence-corrected chi connectivity index (χ2v) is 3.51. The van der Waals surface area contributed by atoms with Gasteiger partial charge in [0.15, 0.2) is 0 Å². The van der Waals surface area contributed by atoms with Gasteiger partial charge in [-0.05, 0) is 34.5 Å². The molecule has 0 bridgehead atoms. The summed E-state index contributed by atoms with van der Waals surface area (Å²) in [4.78, 5) is 23.1. The van der Waals surface area contributed by atoms with Gasteiger partial charge in [-0.2, -0.15) is 0 Å². The summed E-state index contributed by atoms with van der Waals surface area (Å²) in [7, 11) is 0. The van der Waals surface area contributed by atoms with Crippen LogP contribution in [0.1, 0.15) is 34.8 Å². The lowest BCUT2D eigenvalue weighted by Gasteiger charge is -1.96. The molecule has 0 unspecified atom stereocenters. The number of azo groups is 1. The quantitative estimate of drug-likeness (QED) is 0.561. The standard InChI is InChI=1S/C10H10N6O6/c1-3-19-9(17)5-7(15-21-13-5)11-12-8-6(14-22-16-8)10(18)20-4-2/h3-4H2,1-2H3. The van der Waals surface area contributed by atoms with Crippen molar-refractivity contribution in [2.45, 2.75) is 13.8 Å². The van der Waals surface area contributed by atoms with Crippen molar-refractivity contribution in [2.24, 2.45) is 10.2 Å². The van der Waals surface area contributed by atoms with Gasteiger partial charge in [-0.1, -0.05) is 0 Å². The van der Waals surface area contributed by atoms with E-state index in [0.29, 0.717) is 0 Å². The second-order valence-electron chi connectivity index (χ2n) is 3.51. The average molecular weight is 310 g/mol. The van der Waals surface area contributed by atoms with Gasteiger partial charge >= 0.3 is 11.9 Å². The molecule has 0 saturated carbocycles. The Morgan fingerprint density at radius 1 is 0.864 bits per heavy atom. The lowest BCUT2D eigenvalue weighted by molar-refractivity contribution is 0.0504. The highest BCUT2D eigenvalue weighted by atomic mass is 16.6. The molecule has 0 aliphatic heterocycles. The molecule has 2 heterocycles. The summed E-state index contributed by atoms with van der Waals surface area (Å²) >= 11 is 0. The molecular weight excluding hydrogens is 300 g/mol. The summed E-state index contributed by atoms with van der Waals surface area (Å²) in [6.07, 6.45) is 0. The predicted octanol–water partition coefficient (Wildman–Crippen LogP) is 1.22. The molecule has 22 heavy (non-hydrogen) atoms. The van der Waals surface area contributed by atoms with E-state index in [1.807, 2.05) is 0 Å². The van der Waals surface area contributed by atoms with Crippen molar-refractivity contribution in [3.63, 3.8) is 0 Å². The van der Waals surface area contributed by atoms with Crippen LogP contribution in [-0.2, 0) is 9.47 Å². The van der Waals surface area contributed by atoms with Crippen LogP contribution in [0.2, 0.25) is 0 Å². The minimum atomic E-state index is -0.776. The van der Waals surface area contributed by atoms with E-state index in [1.165, 1.54) is 0 Å². The van der Waals surface area contributed by atoms with Crippen LogP contribution < -0.4 is 0 Å². The van der Waals surface area contributed by atoms with Crippen LogP contribution in [0.25, 0.3) is 0 Å². The first kappa shape index (κ1) is 15.2. The maximum atomic E-state index is 11.5. The molecule has 0 saturated heterocycles. The minimum absolute atomic E-state index is 0.141. The highest BCUT2D eigenvalue weighted by Crippen LogP contribution is 2.21. The number of nitrogens with zero attached hydrogens (tertiary/aromatic N) is 6. The minimum Gasteiger partial charge on any atom is -0.461 e. The second kappa shape index (κ2) is 7.01. The topological polar surface area (TPSA) is 155 Å². The Hall–Kier alpha value is -3.18. The van der Waals surface area contributed by atoms with Crippen molar-refractivity contribution in [2.75, 3.05) is 13.2 Å². The summed E-state index contributed by atoms with van der Waals surface area (Å²) in [6, 6.07) is 0. The lowest BCUT2D eigenvalue weighted by atomic mass is 10.4. The number of carbonyl (C=O) groups excluding carboxylic acids is 2. The molecule has 0 aliphatic carbocycles. The summed E-state index contributed by atoms with van der Waals surface area (Å²) < 4.78 is 18.3.